The summed E-state index contributed by atoms with van der Waals surface area (Å²) >= 11 is 1.50. The van der Waals surface area contributed by atoms with Crippen molar-refractivity contribution in [2.24, 2.45) is 0 Å². The lowest BCUT2D eigenvalue weighted by Gasteiger charge is -2.39. The van der Waals surface area contributed by atoms with Gasteiger partial charge in [-0.3, -0.25) is 9.59 Å². The third-order valence-electron chi connectivity index (χ3n) is 5.47. The van der Waals surface area contributed by atoms with Crippen molar-refractivity contribution in [1.29, 1.82) is 0 Å². The normalized spacial score (nSPS) is 24.5. The van der Waals surface area contributed by atoms with Crippen molar-refractivity contribution in [1.82, 2.24) is 10.2 Å². The van der Waals surface area contributed by atoms with Gasteiger partial charge < -0.3 is 10.2 Å². The molecule has 3 heterocycles. The van der Waals surface area contributed by atoms with Crippen LogP contribution >= 0.6 is 11.3 Å². The summed E-state index contributed by atoms with van der Waals surface area (Å²) in [6, 6.07) is 7.98. The molecule has 2 aliphatic rings. The van der Waals surface area contributed by atoms with E-state index in [9.17, 15) is 14.0 Å². The molecule has 2 amide bonds. The molecule has 2 saturated heterocycles. The Kier molecular flexibility index (Phi) is 4.53. The Morgan fingerprint density at radius 1 is 1.12 bits per heavy atom. The van der Waals surface area contributed by atoms with E-state index in [1.165, 1.54) is 35.6 Å². The van der Waals surface area contributed by atoms with Gasteiger partial charge in [0.2, 0.25) is 0 Å². The topological polar surface area (TPSA) is 49.4 Å². The Balaban J connectivity index is 1.43. The molecule has 2 fully saturated rings. The second-order valence-electron chi connectivity index (χ2n) is 7.18. The Morgan fingerprint density at radius 3 is 2.35 bits per heavy atom. The molecule has 26 heavy (non-hydrogen) atoms. The van der Waals surface area contributed by atoms with E-state index in [0.717, 1.165) is 36.1 Å². The van der Waals surface area contributed by atoms with Crippen molar-refractivity contribution in [2.75, 3.05) is 0 Å². The van der Waals surface area contributed by atoms with Crippen LogP contribution < -0.4 is 5.32 Å². The van der Waals surface area contributed by atoms with Crippen LogP contribution in [0.3, 0.4) is 0 Å². The summed E-state index contributed by atoms with van der Waals surface area (Å²) in [5, 5.41) is 5.02. The van der Waals surface area contributed by atoms with Crippen molar-refractivity contribution >= 4 is 23.2 Å². The van der Waals surface area contributed by atoms with Crippen LogP contribution in [-0.4, -0.2) is 34.8 Å². The first kappa shape index (κ1) is 17.2. The van der Waals surface area contributed by atoms with E-state index in [1.54, 1.807) is 0 Å². The molecule has 0 saturated carbocycles. The lowest BCUT2D eigenvalue weighted by atomic mass is 9.96. The number of nitrogens with one attached hydrogen (secondary N) is 1. The summed E-state index contributed by atoms with van der Waals surface area (Å²) < 4.78 is 13.0. The predicted octanol–water partition coefficient (Wildman–Crippen LogP) is 3.76. The molecule has 0 radical (unpaired) electrons. The van der Waals surface area contributed by atoms with Crippen molar-refractivity contribution in [3.8, 4) is 0 Å². The van der Waals surface area contributed by atoms with Gasteiger partial charge in [-0.1, -0.05) is 0 Å². The highest BCUT2D eigenvalue weighted by Crippen LogP contribution is 2.37. The van der Waals surface area contributed by atoms with Crippen molar-refractivity contribution in [3.05, 3.63) is 57.5 Å². The lowest BCUT2D eigenvalue weighted by Crippen LogP contribution is -2.52. The number of benzene rings is 1. The van der Waals surface area contributed by atoms with Gasteiger partial charge in [-0.05, 0) is 73.9 Å². The molecule has 1 aromatic heterocycles. The number of hydrogen-bond donors (Lipinski definition) is 1. The van der Waals surface area contributed by atoms with E-state index in [-0.39, 0.29) is 35.8 Å². The second kappa shape index (κ2) is 6.83. The molecule has 136 valence electrons. The van der Waals surface area contributed by atoms with E-state index in [1.807, 2.05) is 23.3 Å². The average Bonchev–Trinajstić information content (AvgIpc) is 3.16. The first-order chi connectivity index (χ1) is 12.5. The first-order valence-electron chi connectivity index (χ1n) is 8.96. The molecule has 2 aromatic rings. The van der Waals surface area contributed by atoms with Crippen LogP contribution in [0, 0.1) is 12.7 Å². The Morgan fingerprint density at radius 2 is 1.77 bits per heavy atom. The van der Waals surface area contributed by atoms with Crippen molar-refractivity contribution in [2.45, 2.75) is 50.7 Å². The van der Waals surface area contributed by atoms with Crippen LogP contribution in [0.15, 0.2) is 35.7 Å². The summed E-state index contributed by atoms with van der Waals surface area (Å²) in [5.41, 5.74) is 1.50. The fraction of sp³-hybridized carbons (Fsp3) is 0.400. The van der Waals surface area contributed by atoms with Gasteiger partial charge in [-0.25, -0.2) is 4.39 Å². The molecule has 0 aliphatic carbocycles. The van der Waals surface area contributed by atoms with Crippen LogP contribution in [0.1, 0.15) is 51.3 Å². The quantitative estimate of drug-likeness (QED) is 0.892. The summed E-state index contributed by atoms with van der Waals surface area (Å²) in [4.78, 5) is 28.2. The third kappa shape index (κ3) is 3.14. The van der Waals surface area contributed by atoms with Crippen LogP contribution in [0.2, 0.25) is 0 Å². The number of halogens is 1. The monoisotopic (exact) mass is 372 g/mol. The van der Waals surface area contributed by atoms with Gasteiger partial charge in [0.25, 0.3) is 11.8 Å². The summed E-state index contributed by atoms with van der Waals surface area (Å²) in [6.07, 6.45) is 3.53. The number of fused-ring (bicyclic) bond motifs is 2. The zero-order valence-corrected chi connectivity index (χ0v) is 15.4. The number of carbonyl (C=O) groups excluding carboxylic acids is 2. The number of aryl methyl sites for hydroxylation is 1. The van der Waals surface area contributed by atoms with Crippen LogP contribution in [0.4, 0.5) is 4.39 Å². The number of thiophene rings is 1. The maximum Gasteiger partial charge on any atom is 0.264 e. The maximum absolute atomic E-state index is 13.0. The molecular weight excluding hydrogens is 351 g/mol. The molecule has 4 rings (SSSR count). The van der Waals surface area contributed by atoms with E-state index >= 15 is 0 Å². The third-order valence-corrected chi connectivity index (χ3v) is 6.47. The Labute approximate surface area is 156 Å². The molecule has 4 nitrogen and oxygen atoms in total. The molecule has 2 unspecified atom stereocenters. The first-order valence-corrected chi connectivity index (χ1v) is 9.84. The number of amides is 2. The Hall–Kier alpha value is -2.21. The number of carbonyl (C=O) groups is 2. The molecule has 6 heteroatoms. The largest absolute Gasteiger partial charge is 0.349 e. The number of rotatable bonds is 3. The van der Waals surface area contributed by atoms with Gasteiger partial charge in [0, 0.05) is 23.7 Å². The molecule has 1 aromatic carbocycles. The molecule has 2 bridgehead atoms. The fourth-order valence-electron chi connectivity index (χ4n) is 4.21. The van der Waals surface area contributed by atoms with Gasteiger partial charge in [0.15, 0.2) is 0 Å². The number of nitrogens with zero attached hydrogens (tertiary/aromatic N) is 1. The Bertz CT molecular complexity index is 819. The minimum absolute atomic E-state index is 0.0542. The molecule has 0 spiro atoms. The number of hydrogen-bond acceptors (Lipinski definition) is 3. The minimum Gasteiger partial charge on any atom is -0.349 e. The van der Waals surface area contributed by atoms with Gasteiger partial charge in [0.1, 0.15) is 5.82 Å². The summed E-state index contributed by atoms with van der Waals surface area (Å²) in [5.74, 6) is -0.396. The lowest BCUT2D eigenvalue weighted by molar-refractivity contribution is 0.0554. The van der Waals surface area contributed by atoms with Crippen LogP contribution in [0.5, 0.6) is 0 Å². The fourth-order valence-corrected chi connectivity index (χ4v) is 5.07. The minimum atomic E-state index is -0.352. The van der Waals surface area contributed by atoms with Gasteiger partial charge in [-0.15, -0.1) is 11.3 Å². The standard InChI is InChI=1S/C20H21FN2O2S/c1-12-8-9-26-18(12)20(25)23-16-6-7-17(23)11-15(10-16)22-19(24)13-2-4-14(21)5-3-13/h2-5,8-9,15-17H,6-7,10-11H2,1H3,(H,22,24). The number of piperidine rings is 1. The van der Waals surface area contributed by atoms with Crippen LogP contribution in [-0.2, 0) is 0 Å². The predicted molar refractivity (Wildman–Crippen MR) is 98.9 cm³/mol. The van der Waals surface area contributed by atoms with E-state index in [4.69, 9.17) is 0 Å². The second-order valence-corrected chi connectivity index (χ2v) is 8.09. The van der Waals surface area contributed by atoms with E-state index in [2.05, 4.69) is 5.32 Å². The highest BCUT2D eigenvalue weighted by atomic mass is 32.1. The van der Waals surface area contributed by atoms with Gasteiger partial charge >= 0.3 is 0 Å². The van der Waals surface area contributed by atoms with Gasteiger partial charge in [0.05, 0.1) is 4.88 Å². The molecular formula is C20H21FN2O2S. The zero-order valence-electron chi connectivity index (χ0n) is 14.6. The van der Waals surface area contributed by atoms with Gasteiger partial charge in [-0.2, -0.15) is 0 Å². The van der Waals surface area contributed by atoms with E-state index in [0.29, 0.717) is 5.56 Å². The smallest absolute Gasteiger partial charge is 0.264 e. The van der Waals surface area contributed by atoms with E-state index < -0.39 is 0 Å². The highest BCUT2D eigenvalue weighted by molar-refractivity contribution is 7.12. The van der Waals surface area contributed by atoms with Crippen LogP contribution in [0.25, 0.3) is 0 Å². The maximum atomic E-state index is 13.0. The SMILES string of the molecule is Cc1ccsc1C(=O)N1C2CCC1CC(NC(=O)c1ccc(F)cc1)C2. The highest BCUT2D eigenvalue weighted by Gasteiger charge is 2.44. The molecule has 2 atom stereocenters. The van der Waals surface area contributed by atoms with Crippen molar-refractivity contribution < 1.29 is 14.0 Å². The molecule has 1 N–H and O–H groups in total. The average molecular weight is 372 g/mol. The zero-order chi connectivity index (χ0) is 18.3. The molecule has 2 aliphatic heterocycles. The van der Waals surface area contributed by atoms with Crippen molar-refractivity contribution in [3.63, 3.8) is 0 Å². The summed E-state index contributed by atoms with van der Waals surface area (Å²) in [6.45, 7) is 1.97. The summed E-state index contributed by atoms with van der Waals surface area (Å²) in [7, 11) is 0.